The summed E-state index contributed by atoms with van der Waals surface area (Å²) in [6.07, 6.45) is 4.29. The van der Waals surface area contributed by atoms with Gasteiger partial charge in [-0.3, -0.25) is 4.79 Å². The van der Waals surface area contributed by atoms with Gasteiger partial charge in [0.05, 0.1) is 32.7 Å². The molecule has 2 saturated heterocycles. The summed E-state index contributed by atoms with van der Waals surface area (Å²) in [6.45, 7) is 5.44. The molecule has 4 heterocycles. The molecule has 162 valence electrons. The first-order valence-electron chi connectivity index (χ1n) is 10.9. The van der Waals surface area contributed by atoms with Gasteiger partial charge >= 0.3 is 0 Å². The average molecular weight is 421 g/mol. The van der Waals surface area contributed by atoms with E-state index in [4.69, 9.17) is 13.9 Å². The number of benzene rings is 1. The van der Waals surface area contributed by atoms with Crippen molar-refractivity contribution in [3.63, 3.8) is 0 Å². The average Bonchev–Trinajstić information content (AvgIpc) is 3.19. The second kappa shape index (κ2) is 9.08. The zero-order valence-electron chi connectivity index (χ0n) is 17.5. The molecule has 3 aromatic rings. The van der Waals surface area contributed by atoms with Crippen molar-refractivity contribution in [3.8, 4) is 0 Å². The molecule has 1 aromatic carbocycles. The first kappa shape index (κ1) is 20.0. The van der Waals surface area contributed by atoms with Crippen LogP contribution in [-0.2, 0) is 15.9 Å². The second-order valence-corrected chi connectivity index (χ2v) is 8.15. The van der Waals surface area contributed by atoms with E-state index >= 15 is 0 Å². The first-order chi connectivity index (χ1) is 15.3. The SMILES string of the molecule is O=C(c1ccnc(N2CCOCC2)c1)N1CCOCC(Cc2cccc3occc23)C1. The molecule has 5 rings (SSSR count). The fraction of sp³-hybridized carbons (Fsp3) is 0.417. The molecular weight excluding hydrogens is 394 g/mol. The Kier molecular flexibility index (Phi) is 5.86. The van der Waals surface area contributed by atoms with Crippen LogP contribution in [0.2, 0.25) is 0 Å². The topological polar surface area (TPSA) is 68.0 Å². The lowest BCUT2D eigenvalue weighted by molar-refractivity contribution is 0.0737. The molecule has 0 spiro atoms. The predicted molar refractivity (Wildman–Crippen MR) is 117 cm³/mol. The molecule has 31 heavy (non-hydrogen) atoms. The Morgan fingerprint density at radius 2 is 1.94 bits per heavy atom. The first-order valence-corrected chi connectivity index (χ1v) is 10.9. The van der Waals surface area contributed by atoms with E-state index in [0.717, 1.165) is 36.3 Å². The van der Waals surface area contributed by atoms with Crippen LogP contribution in [0.5, 0.6) is 0 Å². The van der Waals surface area contributed by atoms with Crippen molar-refractivity contribution in [1.82, 2.24) is 9.88 Å². The molecule has 7 heteroatoms. The van der Waals surface area contributed by atoms with Crippen LogP contribution in [0.15, 0.2) is 53.3 Å². The van der Waals surface area contributed by atoms with Gasteiger partial charge in [-0.1, -0.05) is 12.1 Å². The Balaban J connectivity index is 1.31. The zero-order valence-corrected chi connectivity index (χ0v) is 17.5. The molecule has 0 N–H and O–H groups in total. The molecule has 2 aromatic heterocycles. The molecule has 0 bridgehead atoms. The summed E-state index contributed by atoms with van der Waals surface area (Å²) >= 11 is 0. The minimum Gasteiger partial charge on any atom is -0.464 e. The Bertz CT molecular complexity index is 1040. The van der Waals surface area contributed by atoms with E-state index < -0.39 is 0 Å². The summed E-state index contributed by atoms with van der Waals surface area (Å²) in [5.41, 5.74) is 2.80. The molecule has 1 atom stereocenters. The van der Waals surface area contributed by atoms with E-state index in [1.807, 2.05) is 29.2 Å². The van der Waals surface area contributed by atoms with E-state index in [2.05, 4.69) is 16.0 Å². The number of nitrogens with zero attached hydrogens (tertiary/aromatic N) is 3. The van der Waals surface area contributed by atoms with E-state index in [9.17, 15) is 4.79 Å². The van der Waals surface area contributed by atoms with Crippen LogP contribution >= 0.6 is 0 Å². The van der Waals surface area contributed by atoms with Gasteiger partial charge in [-0.25, -0.2) is 4.98 Å². The van der Waals surface area contributed by atoms with Crippen molar-refractivity contribution < 1.29 is 18.7 Å². The maximum absolute atomic E-state index is 13.3. The van der Waals surface area contributed by atoms with Crippen LogP contribution in [0.1, 0.15) is 15.9 Å². The summed E-state index contributed by atoms with van der Waals surface area (Å²) in [5, 5.41) is 1.13. The van der Waals surface area contributed by atoms with Gasteiger partial charge in [0.2, 0.25) is 0 Å². The number of hydrogen-bond acceptors (Lipinski definition) is 6. The van der Waals surface area contributed by atoms with Gasteiger partial charge in [-0.2, -0.15) is 0 Å². The molecule has 0 saturated carbocycles. The molecule has 2 fully saturated rings. The number of carbonyl (C=O) groups excluding carboxylic acids is 1. The fourth-order valence-electron chi connectivity index (χ4n) is 4.43. The highest BCUT2D eigenvalue weighted by molar-refractivity contribution is 5.95. The van der Waals surface area contributed by atoms with Gasteiger partial charge in [0.1, 0.15) is 11.4 Å². The monoisotopic (exact) mass is 421 g/mol. The highest BCUT2D eigenvalue weighted by atomic mass is 16.5. The molecule has 1 amide bonds. The summed E-state index contributed by atoms with van der Waals surface area (Å²) in [6, 6.07) is 11.8. The van der Waals surface area contributed by atoms with Crippen molar-refractivity contribution in [2.24, 2.45) is 5.92 Å². The molecule has 0 aliphatic carbocycles. The molecule has 1 unspecified atom stereocenters. The summed E-state index contributed by atoms with van der Waals surface area (Å²) in [5.74, 6) is 1.10. The van der Waals surface area contributed by atoms with Gasteiger partial charge in [0.25, 0.3) is 5.91 Å². The minimum absolute atomic E-state index is 0.0360. The largest absolute Gasteiger partial charge is 0.464 e. The van der Waals surface area contributed by atoms with Gasteiger partial charge in [-0.05, 0) is 36.2 Å². The van der Waals surface area contributed by atoms with E-state index in [-0.39, 0.29) is 11.8 Å². The number of carbonyl (C=O) groups is 1. The lowest BCUT2D eigenvalue weighted by Gasteiger charge is -2.28. The quantitative estimate of drug-likeness (QED) is 0.645. The standard InChI is InChI=1S/C24H27N3O4/c28-24(20-4-6-25-23(15-20)26-7-11-29-12-8-26)27-9-13-30-17-18(16-27)14-19-2-1-3-22-21(19)5-10-31-22/h1-6,10,15,18H,7-9,11-14,16-17H2. The molecule has 2 aliphatic rings. The van der Waals surface area contributed by atoms with Gasteiger partial charge in [0.15, 0.2) is 0 Å². The number of fused-ring (bicyclic) bond motifs is 1. The normalized spacial score (nSPS) is 20.1. The number of rotatable bonds is 4. The highest BCUT2D eigenvalue weighted by Gasteiger charge is 2.25. The van der Waals surface area contributed by atoms with Crippen LogP contribution in [0.25, 0.3) is 11.0 Å². The lowest BCUT2D eigenvalue weighted by atomic mass is 9.97. The smallest absolute Gasteiger partial charge is 0.254 e. The zero-order chi connectivity index (χ0) is 21.0. The van der Waals surface area contributed by atoms with E-state index in [0.29, 0.717) is 45.1 Å². The van der Waals surface area contributed by atoms with Crippen molar-refractivity contribution >= 4 is 22.7 Å². The number of hydrogen-bond donors (Lipinski definition) is 0. The Labute approximate surface area is 181 Å². The van der Waals surface area contributed by atoms with Crippen LogP contribution < -0.4 is 4.90 Å². The Hall–Kier alpha value is -2.90. The minimum atomic E-state index is 0.0360. The van der Waals surface area contributed by atoms with Crippen molar-refractivity contribution in [2.45, 2.75) is 6.42 Å². The highest BCUT2D eigenvalue weighted by Crippen LogP contribution is 2.24. The molecule has 7 nitrogen and oxygen atoms in total. The number of ether oxygens (including phenoxy) is 2. The molecular formula is C24H27N3O4. The number of furan rings is 1. The van der Waals surface area contributed by atoms with E-state index in [1.165, 1.54) is 5.56 Å². The number of amides is 1. The van der Waals surface area contributed by atoms with Crippen LogP contribution in [-0.4, -0.2) is 68.4 Å². The number of morpholine rings is 1. The van der Waals surface area contributed by atoms with E-state index in [1.54, 1.807) is 18.5 Å². The summed E-state index contributed by atoms with van der Waals surface area (Å²) < 4.78 is 16.8. The number of pyridine rings is 1. The van der Waals surface area contributed by atoms with Crippen LogP contribution in [0.4, 0.5) is 5.82 Å². The second-order valence-electron chi connectivity index (χ2n) is 8.15. The molecule has 0 radical (unpaired) electrons. The van der Waals surface area contributed by atoms with Crippen molar-refractivity contribution in [1.29, 1.82) is 0 Å². The molecule has 2 aliphatic heterocycles. The summed E-state index contributed by atoms with van der Waals surface area (Å²) in [7, 11) is 0. The van der Waals surface area contributed by atoms with Crippen molar-refractivity contribution in [2.75, 3.05) is 57.5 Å². The third-order valence-corrected chi connectivity index (χ3v) is 6.05. The maximum Gasteiger partial charge on any atom is 0.254 e. The number of aromatic nitrogens is 1. The Morgan fingerprint density at radius 1 is 1.06 bits per heavy atom. The third kappa shape index (κ3) is 4.43. The van der Waals surface area contributed by atoms with Gasteiger partial charge in [0, 0.05) is 49.2 Å². The van der Waals surface area contributed by atoms with Crippen molar-refractivity contribution in [3.05, 3.63) is 60.0 Å². The fourth-order valence-corrected chi connectivity index (χ4v) is 4.43. The van der Waals surface area contributed by atoms with Gasteiger partial charge in [-0.15, -0.1) is 0 Å². The van der Waals surface area contributed by atoms with Gasteiger partial charge < -0.3 is 23.7 Å². The summed E-state index contributed by atoms with van der Waals surface area (Å²) in [4.78, 5) is 21.9. The lowest BCUT2D eigenvalue weighted by Crippen LogP contribution is -2.38. The predicted octanol–water partition coefficient (Wildman–Crippen LogP) is 3.00. The van der Waals surface area contributed by atoms with Crippen LogP contribution in [0, 0.1) is 5.92 Å². The Morgan fingerprint density at radius 3 is 2.84 bits per heavy atom. The number of anilines is 1. The maximum atomic E-state index is 13.3. The third-order valence-electron chi connectivity index (χ3n) is 6.05. The van der Waals surface area contributed by atoms with Crippen LogP contribution in [0.3, 0.4) is 0 Å².